The first-order chi connectivity index (χ1) is 16.3. The van der Waals surface area contributed by atoms with E-state index in [0.717, 1.165) is 69.1 Å². The van der Waals surface area contributed by atoms with Crippen molar-refractivity contribution in [1.29, 1.82) is 0 Å². The van der Waals surface area contributed by atoms with Crippen molar-refractivity contribution in [2.75, 3.05) is 13.1 Å². The topological polar surface area (TPSA) is 84.9 Å². The molecule has 1 aliphatic carbocycles. The van der Waals surface area contributed by atoms with Crippen LogP contribution < -0.4 is 10.1 Å². The van der Waals surface area contributed by atoms with Gasteiger partial charge in [-0.1, -0.05) is 37.5 Å². The Balaban J connectivity index is 1.10. The second-order valence-corrected chi connectivity index (χ2v) is 10.9. The van der Waals surface area contributed by atoms with Crippen molar-refractivity contribution in [2.45, 2.75) is 96.2 Å². The number of imide groups is 1. The molecule has 34 heavy (non-hydrogen) atoms. The number of nitrogens with one attached hydrogen (secondary N) is 1. The smallest absolute Gasteiger partial charge is 0.407 e. The highest BCUT2D eigenvalue weighted by molar-refractivity contribution is 5.98. The zero-order valence-corrected chi connectivity index (χ0v) is 20.6. The molecule has 1 saturated carbocycles. The van der Waals surface area contributed by atoms with Crippen molar-refractivity contribution >= 4 is 17.9 Å². The van der Waals surface area contributed by atoms with E-state index in [-0.39, 0.29) is 23.3 Å². The number of piperidine rings is 1. The molecule has 1 aromatic carbocycles. The van der Waals surface area contributed by atoms with Crippen LogP contribution in [0.5, 0.6) is 5.75 Å². The number of carbonyl (C=O) groups is 3. The lowest BCUT2D eigenvalue weighted by Crippen LogP contribution is -2.47. The van der Waals surface area contributed by atoms with Crippen LogP contribution in [0.2, 0.25) is 0 Å². The lowest BCUT2D eigenvalue weighted by atomic mass is 9.76. The zero-order valence-electron chi connectivity index (χ0n) is 20.6. The Kier molecular flexibility index (Phi) is 7.48. The average molecular weight is 471 g/mol. The fourth-order valence-electron chi connectivity index (χ4n) is 5.66. The molecule has 1 atom stereocenters. The summed E-state index contributed by atoms with van der Waals surface area (Å²) in [6.07, 6.45) is 8.90. The number of benzene rings is 1. The largest absolute Gasteiger partial charge is 0.488 e. The summed E-state index contributed by atoms with van der Waals surface area (Å²) in [4.78, 5) is 38.9. The number of rotatable bonds is 9. The molecule has 3 aliphatic rings. The SMILES string of the molecule is CC(C)(CCCCCN1C(=O)CC2(CCCC2)CC1=O)OC(=O)NCC1Cc2ccccc2O1. The number of ether oxygens (including phenoxy) is 2. The van der Waals surface area contributed by atoms with E-state index in [2.05, 4.69) is 5.32 Å². The second-order valence-electron chi connectivity index (χ2n) is 10.9. The molecule has 0 aromatic heterocycles. The number of unbranched alkanes of at least 4 members (excludes halogenated alkanes) is 2. The zero-order chi connectivity index (χ0) is 24.2. The van der Waals surface area contributed by atoms with Crippen LogP contribution in [-0.2, 0) is 20.7 Å². The van der Waals surface area contributed by atoms with Crippen molar-refractivity contribution in [1.82, 2.24) is 10.2 Å². The summed E-state index contributed by atoms with van der Waals surface area (Å²) >= 11 is 0. The molecule has 7 nitrogen and oxygen atoms in total. The first kappa shape index (κ1) is 24.6. The van der Waals surface area contributed by atoms with Gasteiger partial charge in [-0.3, -0.25) is 14.5 Å². The maximum atomic E-state index is 12.6. The molecule has 186 valence electrons. The van der Waals surface area contributed by atoms with Crippen LogP contribution in [0.25, 0.3) is 0 Å². The van der Waals surface area contributed by atoms with Crippen molar-refractivity contribution in [2.24, 2.45) is 5.41 Å². The highest BCUT2D eigenvalue weighted by Crippen LogP contribution is 2.46. The normalized spacial score (nSPS) is 21.5. The maximum Gasteiger partial charge on any atom is 0.407 e. The highest BCUT2D eigenvalue weighted by atomic mass is 16.6. The van der Waals surface area contributed by atoms with Gasteiger partial charge in [0.1, 0.15) is 17.5 Å². The molecule has 3 amide bonds. The molecule has 4 rings (SSSR count). The van der Waals surface area contributed by atoms with Crippen molar-refractivity contribution in [3.05, 3.63) is 29.8 Å². The minimum absolute atomic E-state index is 0.00724. The summed E-state index contributed by atoms with van der Waals surface area (Å²) < 4.78 is 11.5. The van der Waals surface area contributed by atoms with E-state index < -0.39 is 11.7 Å². The summed E-state index contributed by atoms with van der Waals surface area (Å²) in [5.41, 5.74) is 0.532. The standard InChI is InChI=1S/C27H38N2O5/c1-26(2,34-25(32)28-19-21-16-20-10-4-5-11-22(20)33-21)12-6-3-9-15-29-23(30)17-27(18-24(29)31)13-7-8-14-27/h4-5,10-11,21H,3,6-9,12-19H2,1-2H3,(H,28,32). The molecule has 0 radical (unpaired) electrons. The maximum absolute atomic E-state index is 12.6. The van der Waals surface area contributed by atoms with Crippen LogP contribution in [-0.4, -0.2) is 47.6 Å². The average Bonchev–Trinajstić information content (AvgIpc) is 3.39. The number of amides is 3. The molecular weight excluding hydrogens is 432 g/mol. The molecule has 0 bridgehead atoms. The lowest BCUT2D eigenvalue weighted by molar-refractivity contribution is -0.153. The van der Waals surface area contributed by atoms with Crippen LogP contribution in [0.15, 0.2) is 24.3 Å². The fraction of sp³-hybridized carbons (Fsp3) is 0.667. The third-order valence-electron chi connectivity index (χ3n) is 7.54. The number of alkyl carbamates (subject to hydrolysis) is 1. The van der Waals surface area contributed by atoms with Gasteiger partial charge in [0.2, 0.25) is 11.8 Å². The van der Waals surface area contributed by atoms with Crippen LogP contribution in [0, 0.1) is 5.41 Å². The first-order valence-electron chi connectivity index (χ1n) is 12.8. The van der Waals surface area contributed by atoms with Gasteiger partial charge in [0.05, 0.1) is 6.54 Å². The van der Waals surface area contributed by atoms with Crippen molar-refractivity contribution in [3.63, 3.8) is 0 Å². The molecular formula is C27H38N2O5. The van der Waals surface area contributed by atoms with Crippen LogP contribution in [0.1, 0.15) is 83.6 Å². The fourth-order valence-corrected chi connectivity index (χ4v) is 5.66. The van der Waals surface area contributed by atoms with Gasteiger partial charge < -0.3 is 14.8 Å². The van der Waals surface area contributed by atoms with E-state index in [0.29, 0.717) is 25.9 Å². The molecule has 2 aliphatic heterocycles. The van der Waals surface area contributed by atoms with Gasteiger partial charge in [-0.15, -0.1) is 0 Å². The summed E-state index contributed by atoms with van der Waals surface area (Å²) in [6, 6.07) is 7.92. The number of para-hydroxylation sites is 1. The predicted octanol–water partition coefficient (Wildman–Crippen LogP) is 4.76. The molecule has 7 heteroatoms. The number of carbonyl (C=O) groups excluding carboxylic acids is 3. The number of hydrogen-bond acceptors (Lipinski definition) is 5. The summed E-state index contributed by atoms with van der Waals surface area (Å²) in [5.74, 6) is 0.898. The van der Waals surface area contributed by atoms with Gasteiger partial charge in [0.15, 0.2) is 0 Å². The van der Waals surface area contributed by atoms with E-state index in [1.807, 2.05) is 38.1 Å². The Labute approximate surface area is 202 Å². The number of likely N-dealkylation sites (tertiary alicyclic amines) is 1. The van der Waals surface area contributed by atoms with Gasteiger partial charge in [0.25, 0.3) is 0 Å². The van der Waals surface area contributed by atoms with Gasteiger partial charge in [-0.2, -0.15) is 0 Å². The Morgan fingerprint density at radius 1 is 1.12 bits per heavy atom. The molecule has 1 N–H and O–H groups in total. The minimum atomic E-state index is -0.588. The minimum Gasteiger partial charge on any atom is -0.488 e. The lowest BCUT2D eigenvalue weighted by Gasteiger charge is -2.37. The van der Waals surface area contributed by atoms with E-state index >= 15 is 0 Å². The number of hydrogen-bond donors (Lipinski definition) is 1. The Morgan fingerprint density at radius 3 is 2.53 bits per heavy atom. The Bertz CT molecular complexity index is 861. The predicted molar refractivity (Wildman–Crippen MR) is 128 cm³/mol. The third kappa shape index (κ3) is 6.10. The van der Waals surface area contributed by atoms with Gasteiger partial charge >= 0.3 is 6.09 Å². The summed E-state index contributed by atoms with van der Waals surface area (Å²) in [6.45, 7) is 4.72. The van der Waals surface area contributed by atoms with Gasteiger partial charge in [0, 0.05) is 25.8 Å². The van der Waals surface area contributed by atoms with Crippen LogP contribution >= 0.6 is 0 Å². The van der Waals surface area contributed by atoms with Crippen molar-refractivity contribution < 1.29 is 23.9 Å². The second kappa shape index (κ2) is 10.4. The van der Waals surface area contributed by atoms with Crippen molar-refractivity contribution in [3.8, 4) is 5.75 Å². The first-order valence-corrected chi connectivity index (χ1v) is 12.8. The summed E-state index contributed by atoms with van der Waals surface area (Å²) in [5, 5.41) is 2.82. The molecule has 2 heterocycles. The Morgan fingerprint density at radius 2 is 1.82 bits per heavy atom. The molecule has 2 fully saturated rings. The monoisotopic (exact) mass is 470 g/mol. The Hall–Kier alpha value is -2.57. The molecule has 1 saturated heterocycles. The molecule has 1 spiro atoms. The van der Waals surface area contributed by atoms with Crippen LogP contribution in [0.4, 0.5) is 4.79 Å². The highest BCUT2D eigenvalue weighted by Gasteiger charge is 2.44. The molecule has 1 unspecified atom stereocenters. The van der Waals surface area contributed by atoms with E-state index in [1.165, 1.54) is 4.90 Å². The number of fused-ring (bicyclic) bond motifs is 1. The van der Waals surface area contributed by atoms with Crippen LogP contribution in [0.3, 0.4) is 0 Å². The van der Waals surface area contributed by atoms with Gasteiger partial charge in [-0.25, -0.2) is 4.79 Å². The molecule has 1 aromatic rings. The number of nitrogens with zero attached hydrogens (tertiary/aromatic N) is 1. The summed E-state index contributed by atoms with van der Waals surface area (Å²) in [7, 11) is 0. The van der Waals surface area contributed by atoms with Gasteiger partial charge in [-0.05, 0) is 63.0 Å². The third-order valence-corrected chi connectivity index (χ3v) is 7.54. The quantitative estimate of drug-likeness (QED) is 0.415. The van der Waals surface area contributed by atoms with E-state index in [9.17, 15) is 14.4 Å². The van der Waals surface area contributed by atoms with E-state index in [4.69, 9.17) is 9.47 Å². The van der Waals surface area contributed by atoms with E-state index in [1.54, 1.807) is 0 Å².